The molecular formula is C8H15N3O4. The molecule has 0 aromatic carbocycles. The lowest BCUT2D eigenvalue weighted by atomic mass is 10.0. The summed E-state index contributed by atoms with van der Waals surface area (Å²) in [7, 11) is 0. The van der Waals surface area contributed by atoms with Gasteiger partial charge in [-0.25, -0.2) is 4.63 Å². The molecule has 0 aliphatic carbocycles. The molecule has 1 rings (SSSR count). The molecule has 0 atom stereocenters. The molecule has 0 spiro atoms. The summed E-state index contributed by atoms with van der Waals surface area (Å²) < 4.78 is 4.48. The Balaban J connectivity index is 2.58. The van der Waals surface area contributed by atoms with Crippen molar-refractivity contribution in [3.8, 4) is 0 Å². The third kappa shape index (κ3) is 2.72. The van der Waals surface area contributed by atoms with Crippen molar-refractivity contribution in [3.63, 3.8) is 0 Å². The standard InChI is InChI=1S/C8H15N3O4/c1-6-7(11-15-10-6)2-9-8(3-12,4-13)5-14/h9,12-14H,2-5H2,1H3. The van der Waals surface area contributed by atoms with Gasteiger partial charge >= 0.3 is 0 Å². The maximum absolute atomic E-state index is 9.03. The Bertz CT molecular complexity index is 290. The monoisotopic (exact) mass is 217 g/mol. The fourth-order valence-electron chi connectivity index (χ4n) is 0.999. The highest BCUT2D eigenvalue weighted by Crippen LogP contribution is 2.05. The Labute approximate surface area is 86.7 Å². The van der Waals surface area contributed by atoms with E-state index in [-0.39, 0.29) is 26.4 Å². The van der Waals surface area contributed by atoms with Gasteiger partial charge in [0.25, 0.3) is 0 Å². The zero-order valence-electron chi connectivity index (χ0n) is 8.47. The fraction of sp³-hybridized carbons (Fsp3) is 0.750. The molecule has 86 valence electrons. The summed E-state index contributed by atoms with van der Waals surface area (Å²) in [5.41, 5.74) is 0.103. The molecular weight excluding hydrogens is 202 g/mol. The first-order valence-corrected chi connectivity index (χ1v) is 4.53. The molecule has 0 bridgehead atoms. The number of hydrogen-bond acceptors (Lipinski definition) is 7. The molecule has 0 aliphatic heterocycles. The number of nitrogens with one attached hydrogen (secondary N) is 1. The van der Waals surface area contributed by atoms with E-state index in [1.807, 2.05) is 0 Å². The van der Waals surface area contributed by atoms with Crippen molar-refractivity contribution in [2.45, 2.75) is 19.0 Å². The van der Waals surface area contributed by atoms with Crippen molar-refractivity contribution in [2.75, 3.05) is 19.8 Å². The fourth-order valence-corrected chi connectivity index (χ4v) is 0.999. The van der Waals surface area contributed by atoms with Gasteiger partial charge in [0.05, 0.1) is 25.4 Å². The molecule has 7 heteroatoms. The minimum atomic E-state index is -1.11. The number of hydrogen-bond donors (Lipinski definition) is 4. The van der Waals surface area contributed by atoms with Crippen LogP contribution in [0.15, 0.2) is 4.63 Å². The van der Waals surface area contributed by atoms with E-state index in [9.17, 15) is 0 Å². The van der Waals surface area contributed by atoms with Gasteiger partial charge in [-0.05, 0) is 6.92 Å². The largest absolute Gasteiger partial charge is 0.394 e. The Morgan fingerprint density at radius 2 is 1.80 bits per heavy atom. The van der Waals surface area contributed by atoms with Crippen molar-refractivity contribution >= 4 is 0 Å². The van der Waals surface area contributed by atoms with Gasteiger partial charge in [0.1, 0.15) is 11.4 Å². The minimum absolute atomic E-state index is 0.261. The molecule has 1 aromatic heterocycles. The van der Waals surface area contributed by atoms with E-state index in [0.717, 1.165) is 0 Å². The second-order valence-corrected chi connectivity index (χ2v) is 3.40. The van der Waals surface area contributed by atoms with Crippen molar-refractivity contribution < 1.29 is 19.9 Å². The maximum Gasteiger partial charge on any atom is 0.121 e. The van der Waals surface area contributed by atoms with Crippen LogP contribution >= 0.6 is 0 Å². The van der Waals surface area contributed by atoms with Crippen LogP contribution in [-0.4, -0.2) is 51.0 Å². The van der Waals surface area contributed by atoms with E-state index in [1.54, 1.807) is 6.92 Å². The average molecular weight is 217 g/mol. The molecule has 15 heavy (non-hydrogen) atoms. The van der Waals surface area contributed by atoms with E-state index < -0.39 is 5.54 Å². The predicted octanol–water partition coefficient (Wildman–Crippen LogP) is -1.82. The summed E-state index contributed by atoms with van der Waals surface area (Å²) in [4.78, 5) is 0. The quantitative estimate of drug-likeness (QED) is 0.444. The topological polar surface area (TPSA) is 112 Å². The van der Waals surface area contributed by atoms with E-state index >= 15 is 0 Å². The Morgan fingerprint density at radius 1 is 1.20 bits per heavy atom. The maximum atomic E-state index is 9.03. The van der Waals surface area contributed by atoms with Gasteiger partial charge in [-0.3, -0.25) is 5.32 Å². The van der Waals surface area contributed by atoms with Crippen LogP contribution in [0.1, 0.15) is 11.4 Å². The van der Waals surface area contributed by atoms with Crippen molar-refractivity contribution in [3.05, 3.63) is 11.4 Å². The van der Waals surface area contributed by atoms with Crippen LogP contribution in [0.3, 0.4) is 0 Å². The minimum Gasteiger partial charge on any atom is -0.394 e. The lowest BCUT2D eigenvalue weighted by Crippen LogP contribution is -2.54. The molecule has 0 radical (unpaired) electrons. The van der Waals surface area contributed by atoms with E-state index in [2.05, 4.69) is 20.3 Å². The predicted molar refractivity (Wildman–Crippen MR) is 49.9 cm³/mol. The molecule has 4 N–H and O–H groups in total. The van der Waals surface area contributed by atoms with Crippen molar-refractivity contribution in [2.24, 2.45) is 0 Å². The molecule has 0 amide bonds. The zero-order valence-corrected chi connectivity index (χ0v) is 8.47. The number of rotatable bonds is 6. The first-order valence-electron chi connectivity index (χ1n) is 4.53. The average Bonchev–Trinajstić information content (AvgIpc) is 2.67. The van der Waals surface area contributed by atoms with E-state index in [4.69, 9.17) is 15.3 Å². The highest BCUT2D eigenvalue weighted by molar-refractivity contribution is 5.05. The van der Waals surface area contributed by atoms with Gasteiger partial charge in [-0.1, -0.05) is 10.3 Å². The van der Waals surface area contributed by atoms with Crippen LogP contribution in [0.4, 0.5) is 0 Å². The van der Waals surface area contributed by atoms with Crippen LogP contribution in [0, 0.1) is 6.92 Å². The zero-order chi connectivity index (χ0) is 11.3. The SMILES string of the molecule is Cc1nonc1CNC(CO)(CO)CO. The van der Waals surface area contributed by atoms with Gasteiger partial charge in [0.2, 0.25) is 0 Å². The van der Waals surface area contributed by atoms with Crippen LogP contribution < -0.4 is 5.32 Å². The third-order valence-corrected chi connectivity index (χ3v) is 2.29. The highest BCUT2D eigenvalue weighted by Gasteiger charge is 2.27. The van der Waals surface area contributed by atoms with Crippen LogP contribution in [0.25, 0.3) is 0 Å². The second kappa shape index (κ2) is 5.17. The molecule has 0 unspecified atom stereocenters. The van der Waals surface area contributed by atoms with Gasteiger partial charge in [-0.2, -0.15) is 0 Å². The summed E-state index contributed by atoms with van der Waals surface area (Å²) in [6, 6.07) is 0. The highest BCUT2D eigenvalue weighted by atomic mass is 16.6. The summed E-state index contributed by atoms with van der Waals surface area (Å²) in [6.07, 6.45) is 0. The normalized spacial score (nSPS) is 12.0. The van der Waals surface area contributed by atoms with Gasteiger partial charge in [0, 0.05) is 6.54 Å². The van der Waals surface area contributed by atoms with E-state index in [0.29, 0.717) is 11.4 Å². The third-order valence-electron chi connectivity index (χ3n) is 2.29. The van der Waals surface area contributed by atoms with Crippen molar-refractivity contribution in [1.82, 2.24) is 15.6 Å². The van der Waals surface area contributed by atoms with Crippen LogP contribution in [0.5, 0.6) is 0 Å². The summed E-state index contributed by atoms with van der Waals surface area (Å²) in [5, 5.41) is 37.1. The number of aryl methyl sites for hydroxylation is 1. The molecule has 1 aromatic rings. The number of aliphatic hydroxyl groups excluding tert-OH is 3. The molecule has 0 aliphatic rings. The van der Waals surface area contributed by atoms with Crippen LogP contribution in [0.2, 0.25) is 0 Å². The first-order chi connectivity index (χ1) is 7.17. The van der Waals surface area contributed by atoms with Crippen molar-refractivity contribution in [1.29, 1.82) is 0 Å². The molecule has 0 saturated carbocycles. The molecule has 7 nitrogen and oxygen atoms in total. The summed E-state index contributed by atoms with van der Waals surface area (Å²) in [5.74, 6) is 0. The first kappa shape index (κ1) is 12.1. The lowest BCUT2D eigenvalue weighted by Gasteiger charge is -2.28. The smallest absolute Gasteiger partial charge is 0.121 e. The number of aliphatic hydroxyl groups is 3. The molecule has 0 fully saturated rings. The van der Waals surface area contributed by atoms with Crippen LogP contribution in [-0.2, 0) is 6.54 Å². The Hall–Kier alpha value is -1.02. The summed E-state index contributed by atoms with van der Waals surface area (Å²) in [6.45, 7) is 0.877. The van der Waals surface area contributed by atoms with Gasteiger partial charge < -0.3 is 15.3 Å². The Morgan fingerprint density at radius 3 is 2.20 bits per heavy atom. The lowest BCUT2D eigenvalue weighted by molar-refractivity contribution is 0.0409. The molecule has 1 heterocycles. The van der Waals surface area contributed by atoms with E-state index in [1.165, 1.54) is 0 Å². The molecule has 0 saturated heterocycles. The second-order valence-electron chi connectivity index (χ2n) is 3.40. The van der Waals surface area contributed by atoms with Gasteiger partial charge in [0.15, 0.2) is 0 Å². The number of aromatic nitrogens is 2. The number of nitrogens with zero attached hydrogens (tertiary/aromatic N) is 2. The summed E-state index contributed by atoms with van der Waals surface area (Å²) >= 11 is 0. The Kier molecular flexibility index (Phi) is 4.15. The van der Waals surface area contributed by atoms with Gasteiger partial charge in [-0.15, -0.1) is 0 Å².